The molecule has 0 aromatic heterocycles. The molecule has 0 unspecified atom stereocenters. The van der Waals surface area contributed by atoms with Crippen LogP contribution in [0.5, 0.6) is 5.75 Å². The lowest BCUT2D eigenvalue weighted by atomic mass is 10.0. The molecule has 3 aromatic rings. The summed E-state index contributed by atoms with van der Waals surface area (Å²) in [5, 5.41) is 7.96. The van der Waals surface area contributed by atoms with Gasteiger partial charge in [-0.25, -0.2) is 13.6 Å². The second-order valence-electron chi connectivity index (χ2n) is 6.25. The van der Waals surface area contributed by atoms with Crippen LogP contribution in [0, 0.1) is 0 Å². The molecule has 0 fully saturated rings. The van der Waals surface area contributed by atoms with E-state index < -0.39 is 22.5 Å². The minimum absolute atomic E-state index is 0.130. The van der Waals surface area contributed by atoms with Crippen LogP contribution in [0.1, 0.15) is 15.9 Å². The molecule has 30 heavy (non-hydrogen) atoms. The number of carbonyl (C=O) groups excluding carboxylic acids is 2. The topological polar surface area (TPSA) is 116 Å². The fourth-order valence-corrected chi connectivity index (χ4v) is 3.37. The lowest BCUT2D eigenvalue weighted by Crippen LogP contribution is -2.21. The second kappa shape index (κ2) is 9.08. The largest absolute Gasteiger partial charge is 0.483 e. The Morgan fingerprint density at radius 3 is 2.40 bits per heavy atom. The number of sulfonamides is 1. The van der Waals surface area contributed by atoms with Crippen LogP contribution in [0.25, 0.3) is 0 Å². The Hall–Kier alpha value is -3.20. The number of ketones is 1. The number of carbonyl (C=O) groups is 2. The number of amides is 1. The number of anilines is 1. The first-order valence-corrected chi connectivity index (χ1v) is 10.6. The van der Waals surface area contributed by atoms with Gasteiger partial charge in [-0.05, 0) is 36.4 Å². The third-order valence-corrected chi connectivity index (χ3v) is 5.17. The summed E-state index contributed by atoms with van der Waals surface area (Å²) in [6, 6.07) is 18.6. The maximum atomic E-state index is 12.8. The van der Waals surface area contributed by atoms with Crippen LogP contribution in [-0.2, 0) is 14.8 Å². The predicted octanol–water partition coefficient (Wildman–Crippen LogP) is 3.24. The number of benzene rings is 3. The summed E-state index contributed by atoms with van der Waals surface area (Å²) >= 11 is 6.02. The summed E-state index contributed by atoms with van der Waals surface area (Å²) in [5.74, 6) is -0.648. The first-order chi connectivity index (χ1) is 14.2. The van der Waals surface area contributed by atoms with Gasteiger partial charge in [0.25, 0.3) is 5.91 Å². The monoisotopic (exact) mass is 444 g/mol. The van der Waals surface area contributed by atoms with Crippen molar-refractivity contribution in [1.29, 1.82) is 0 Å². The van der Waals surface area contributed by atoms with E-state index in [1.54, 1.807) is 36.4 Å². The molecule has 0 radical (unpaired) electrons. The van der Waals surface area contributed by atoms with Crippen LogP contribution in [0.2, 0.25) is 5.02 Å². The van der Waals surface area contributed by atoms with E-state index in [1.807, 2.05) is 0 Å². The number of nitrogens with two attached hydrogens (primary N) is 1. The normalized spacial score (nSPS) is 11.0. The molecule has 7 nitrogen and oxygen atoms in total. The molecule has 3 aromatic carbocycles. The van der Waals surface area contributed by atoms with Gasteiger partial charge in [0.1, 0.15) is 5.75 Å². The molecule has 0 aliphatic carbocycles. The predicted molar refractivity (Wildman–Crippen MR) is 113 cm³/mol. The zero-order chi connectivity index (χ0) is 21.7. The highest BCUT2D eigenvalue weighted by atomic mass is 35.5. The number of ether oxygens (including phenoxy) is 1. The summed E-state index contributed by atoms with van der Waals surface area (Å²) in [6.45, 7) is -0.406. The van der Waals surface area contributed by atoms with Crippen molar-refractivity contribution in [3.63, 3.8) is 0 Å². The Morgan fingerprint density at radius 1 is 0.967 bits per heavy atom. The van der Waals surface area contributed by atoms with Crippen molar-refractivity contribution in [2.45, 2.75) is 4.90 Å². The summed E-state index contributed by atoms with van der Waals surface area (Å²) in [7, 11) is -3.89. The van der Waals surface area contributed by atoms with E-state index in [-0.39, 0.29) is 27.7 Å². The molecule has 0 saturated carbocycles. The van der Waals surface area contributed by atoms with E-state index in [0.29, 0.717) is 10.6 Å². The highest BCUT2D eigenvalue weighted by molar-refractivity contribution is 7.89. The van der Waals surface area contributed by atoms with Crippen molar-refractivity contribution in [3.8, 4) is 5.75 Å². The van der Waals surface area contributed by atoms with E-state index >= 15 is 0 Å². The first kappa shape index (κ1) is 21.5. The maximum Gasteiger partial charge on any atom is 0.262 e. The van der Waals surface area contributed by atoms with E-state index in [2.05, 4.69) is 5.32 Å². The lowest BCUT2D eigenvalue weighted by molar-refractivity contribution is -0.118. The first-order valence-electron chi connectivity index (χ1n) is 8.69. The molecular weight excluding hydrogens is 428 g/mol. The Kier molecular flexibility index (Phi) is 6.51. The van der Waals surface area contributed by atoms with Gasteiger partial charge in [-0.2, -0.15) is 0 Å². The van der Waals surface area contributed by atoms with Crippen molar-refractivity contribution in [2.75, 3.05) is 11.9 Å². The molecule has 3 rings (SSSR count). The summed E-state index contributed by atoms with van der Waals surface area (Å²) in [4.78, 5) is 24.9. The summed E-state index contributed by atoms with van der Waals surface area (Å²) in [6.07, 6.45) is 0. The standard InChI is InChI=1S/C21H17ClN2O5S/c22-15-9-10-19(18(11-15)21(26)14-5-2-1-3-6-14)29-13-20(25)24-16-7-4-8-17(12-16)30(23,27)28/h1-12H,13H2,(H,24,25)(H2,23,27,28). The number of hydrogen-bond acceptors (Lipinski definition) is 5. The SMILES string of the molecule is NS(=O)(=O)c1cccc(NC(=O)COc2ccc(Cl)cc2C(=O)c2ccccc2)c1. The molecule has 0 spiro atoms. The van der Waals surface area contributed by atoms with Gasteiger partial charge in [-0.3, -0.25) is 9.59 Å². The number of primary sulfonamides is 1. The molecule has 3 N–H and O–H groups in total. The molecule has 0 bridgehead atoms. The van der Waals surface area contributed by atoms with E-state index in [0.717, 1.165) is 0 Å². The third kappa shape index (κ3) is 5.44. The van der Waals surface area contributed by atoms with Gasteiger partial charge < -0.3 is 10.1 Å². The van der Waals surface area contributed by atoms with Gasteiger partial charge in [0.15, 0.2) is 12.4 Å². The highest BCUT2D eigenvalue weighted by Crippen LogP contribution is 2.26. The summed E-state index contributed by atoms with van der Waals surface area (Å²) < 4.78 is 28.4. The Balaban J connectivity index is 1.73. The van der Waals surface area contributed by atoms with Crippen LogP contribution >= 0.6 is 11.6 Å². The van der Waals surface area contributed by atoms with Crippen molar-refractivity contribution in [1.82, 2.24) is 0 Å². The number of hydrogen-bond donors (Lipinski definition) is 2. The molecule has 154 valence electrons. The van der Waals surface area contributed by atoms with Gasteiger partial charge >= 0.3 is 0 Å². The van der Waals surface area contributed by atoms with Gasteiger partial charge in [-0.1, -0.05) is 48.0 Å². The molecule has 0 aliphatic heterocycles. The number of nitrogens with one attached hydrogen (secondary N) is 1. The van der Waals surface area contributed by atoms with Crippen LogP contribution in [0.15, 0.2) is 77.7 Å². The third-order valence-electron chi connectivity index (χ3n) is 4.03. The van der Waals surface area contributed by atoms with E-state index in [4.69, 9.17) is 21.5 Å². The van der Waals surface area contributed by atoms with Gasteiger partial charge in [0.2, 0.25) is 10.0 Å². The highest BCUT2D eigenvalue weighted by Gasteiger charge is 2.17. The minimum atomic E-state index is -3.89. The average Bonchev–Trinajstić information content (AvgIpc) is 2.72. The Bertz CT molecular complexity index is 1200. The minimum Gasteiger partial charge on any atom is -0.483 e. The zero-order valence-corrected chi connectivity index (χ0v) is 17.1. The molecule has 0 atom stereocenters. The number of rotatable bonds is 7. The van der Waals surface area contributed by atoms with Crippen molar-refractivity contribution in [3.05, 3.63) is 88.9 Å². The summed E-state index contributed by atoms with van der Waals surface area (Å²) in [5.41, 5.74) is 0.915. The van der Waals surface area contributed by atoms with Gasteiger partial charge in [0, 0.05) is 16.3 Å². The average molecular weight is 445 g/mol. The molecule has 9 heteroatoms. The Labute approximate surface area is 178 Å². The maximum absolute atomic E-state index is 12.8. The quantitative estimate of drug-likeness (QED) is 0.543. The molecular formula is C21H17ClN2O5S. The van der Waals surface area contributed by atoms with E-state index in [9.17, 15) is 18.0 Å². The molecule has 0 saturated heterocycles. The fraction of sp³-hybridized carbons (Fsp3) is 0.0476. The number of halogens is 1. The van der Waals surface area contributed by atoms with E-state index in [1.165, 1.54) is 36.4 Å². The van der Waals surface area contributed by atoms with Crippen LogP contribution in [0.3, 0.4) is 0 Å². The van der Waals surface area contributed by atoms with Crippen molar-refractivity contribution >= 4 is 39.0 Å². The van der Waals surface area contributed by atoms with Gasteiger partial charge in [0.05, 0.1) is 10.5 Å². The van der Waals surface area contributed by atoms with Crippen LogP contribution in [0.4, 0.5) is 5.69 Å². The Morgan fingerprint density at radius 2 is 1.70 bits per heavy atom. The molecule has 1 amide bonds. The lowest BCUT2D eigenvalue weighted by Gasteiger charge is -2.12. The van der Waals surface area contributed by atoms with Gasteiger partial charge in [-0.15, -0.1) is 0 Å². The second-order valence-corrected chi connectivity index (χ2v) is 8.24. The van der Waals surface area contributed by atoms with Crippen molar-refractivity contribution in [2.24, 2.45) is 5.14 Å². The smallest absolute Gasteiger partial charge is 0.262 e. The fourth-order valence-electron chi connectivity index (χ4n) is 2.64. The molecule has 0 aliphatic rings. The van der Waals surface area contributed by atoms with Crippen LogP contribution < -0.4 is 15.2 Å². The van der Waals surface area contributed by atoms with Crippen molar-refractivity contribution < 1.29 is 22.7 Å². The zero-order valence-electron chi connectivity index (χ0n) is 15.5. The molecule has 0 heterocycles. The van der Waals surface area contributed by atoms with Crippen LogP contribution in [-0.4, -0.2) is 26.7 Å².